The van der Waals surface area contributed by atoms with Gasteiger partial charge in [-0.1, -0.05) is 42.0 Å². The summed E-state index contributed by atoms with van der Waals surface area (Å²) >= 11 is 0. The summed E-state index contributed by atoms with van der Waals surface area (Å²) in [5.74, 6) is -2.75. The molecule has 23 heavy (non-hydrogen) atoms. The van der Waals surface area contributed by atoms with Crippen molar-refractivity contribution in [3.05, 3.63) is 65.6 Å². The lowest BCUT2D eigenvalue weighted by atomic mass is 9.93. The Morgan fingerprint density at radius 3 is 2.52 bits per heavy atom. The standard InChI is InChI=1S/C19H20F2NO/c20-19(21)9-11-22(12-10-19)18(23)17-8-4-7-16(14-17)13-15-5-2-1-3-6-15/h1-3,5-8,14H,4,9-13H2. The minimum absolute atomic E-state index is 0.126. The third-order valence-corrected chi connectivity index (χ3v) is 4.34. The first kappa shape index (κ1) is 15.9. The average Bonchev–Trinajstić information content (AvgIpc) is 2.55. The Bertz CT molecular complexity index is 624. The number of carbonyl (C=O) groups is 1. The highest BCUT2D eigenvalue weighted by atomic mass is 19.3. The smallest absolute Gasteiger partial charge is 0.253 e. The highest BCUT2D eigenvalue weighted by Crippen LogP contribution is 2.29. The van der Waals surface area contributed by atoms with Crippen LogP contribution in [0.25, 0.3) is 0 Å². The van der Waals surface area contributed by atoms with E-state index < -0.39 is 5.92 Å². The summed E-state index contributed by atoms with van der Waals surface area (Å²) in [6.45, 7) is 0.267. The molecule has 1 aliphatic carbocycles. The number of carbonyl (C=O) groups excluding carboxylic acids is 1. The van der Waals surface area contributed by atoms with Crippen LogP contribution in [0.5, 0.6) is 0 Å². The van der Waals surface area contributed by atoms with Crippen LogP contribution in [0.2, 0.25) is 0 Å². The van der Waals surface area contributed by atoms with Crippen LogP contribution in [0.1, 0.15) is 24.8 Å². The van der Waals surface area contributed by atoms with Gasteiger partial charge in [-0.3, -0.25) is 4.79 Å². The number of hydrogen-bond donors (Lipinski definition) is 0. The number of alkyl halides is 2. The molecule has 1 fully saturated rings. The maximum atomic E-state index is 13.2. The van der Waals surface area contributed by atoms with Crippen molar-refractivity contribution < 1.29 is 13.6 Å². The van der Waals surface area contributed by atoms with E-state index in [1.165, 1.54) is 5.56 Å². The van der Waals surface area contributed by atoms with E-state index in [2.05, 4.69) is 18.6 Å². The Morgan fingerprint density at radius 1 is 1.13 bits per heavy atom. The fourth-order valence-corrected chi connectivity index (χ4v) is 2.98. The minimum atomic E-state index is -2.63. The summed E-state index contributed by atoms with van der Waals surface area (Å²) < 4.78 is 26.4. The lowest BCUT2D eigenvalue weighted by molar-refractivity contribution is -0.132. The van der Waals surface area contributed by atoms with Crippen molar-refractivity contribution in [3.8, 4) is 0 Å². The van der Waals surface area contributed by atoms with Crippen LogP contribution in [0.15, 0.2) is 53.6 Å². The normalized spacial score (nSPS) is 20.7. The van der Waals surface area contributed by atoms with Crippen molar-refractivity contribution in [2.75, 3.05) is 13.1 Å². The fraction of sp³-hybridized carbons (Fsp3) is 0.368. The predicted octanol–water partition coefficient (Wildman–Crippen LogP) is 3.95. The van der Waals surface area contributed by atoms with Gasteiger partial charge in [0, 0.05) is 31.5 Å². The molecule has 1 amide bonds. The van der Waals surface area contributed by atoms with E-state index in [0.29, 0.717) is 12.0 Å². The van der Waals surface area contributed by atoms with Crippen molar-refractivity contribution >= 4 is 5.91 Å². The lowest BCUT2D eigenvalue weighted by Gasteiger charge is -2.32. The van der Waals surface area contributed by atoms with Crippen LogP contribution in [0, 0.1) is 6.42 Å². The van der Waals surface area contributed by atoms with Crippen LogP contribution in [-0.4, -0.2) is 29.8 Å². The van der Waals surface area contributed by atoms with Crippen LogP contribution in [0.3, 0.4) is 0 Å². The van der Waals surface area contributed by atoms with Gasteiger partial charge in [0.2, 0.25) is 0 Å². The van der Waals surface area contributed by atoms with Crippen LogP contribution < -0.4 is 0 Å². The van der Waals surface area contributed by atoms with Crippen LogP contribution in [0.4, 0.5) is 8.78 Å². The number of amides is 1. The zero-order chi connectivity index (χ0) is 16.3. The van der Waals surface area contributed by atoms with Gasteiger partial charge < -0.3 is 4.90 Å². The van der Waals surface area contributed by atoms with Gasteiger partial charge >= 0.3 is 0 Å². The summed E-state index contributed by atoms with van der Waals surface area (Å²) in [7, 11) is 0. The number of likely N-dealkylation sites (tertiary alicyclic amines) is 1. The molecule has 0 atom stereocenters. The van der Waals surface area contributed by atoms with Crippen LogP contribution in [-0.2, 0) is 11.2 Å². The number of benzene rings is 1. The topological polar surface area (TPSA) is 20.3 Å². The number of nitrogens with zero attached hydrogens (tertiary/aromatic N) is 1. The molecule has 0 N–H and O–H groups in total. The second-order valence-corrected chi connectivity index (χ2v) is 6.13. The van der Waals surface area contributed by atoms with Crippen molar-refractivity contribution in [2.45, 2.75) is 31.6 Å². The molecule has 1 radical (unpaired) electrons. The second-order valence-electron chi connectivity index (χ2n) is 6.13. The minimum Gasteiger partial charge on any atom is -0.338 e. The molecular weight excluding hydrogens is 296 g/mol. The Hall–Kier alpha value is -1.97. The molecule has 2 aliphatic rings. The molecule has 1 aliphatic heterocycles. The molecular formula is C19H20F2NO. The third-order valence-electron chi connectivity index (χ3n) is 4.34. The van der Waals surface area contributed by atoms with Gasteiger partial charge in [-0.15, -0.1) is 0 Å². The third kappa shape index (κ3) is 4.06. The van der Waals surface area contributed by atoms with Crippen molar-refractivity contribution in [3.63, 3.8) is 0 Å². The van der Waals surface area contributed by atoms with Gasteiger partial charge in [-0.05, 0) is 30.9 Å². The zero-order valence-electron chi connectivity index (χ0n) is 13.0. The van der Waals surface area contributed by atoms with E-state index in [-0.39, 0.29) is 31.8 Å². The van der Waals surface area contributed by atoms with E-state index in [9.17, 15) is 13.6 Å². The summed E-state index contributed by atoms with van der Waals surface area (Å²) in [4.78, 5) is 14.1. The summed E-state index contributed by atoms with van der Waals surface area (Å²) in [6.07, 6.45) is 6.90. The molecule has 3 rings (SSSR count). The summed E-state index contributed by atoms with van der Waals surface area (Å²) in [5, 5.41) is 0. The predicted molar refractivity (Wildman–Crippen MR) is 86.0 cm³/mol. The number of piperidine rings is 1. The maximum Gasteiger partial charge on any atom is 0.253 e. The molecule has 1 aromatic rings. The van der Waals surface area contributed by atoms with Crippen molar-refractivity contribution in [1.82, 2.24) is 4.90 Å². The Balaban J connectivity index is 1.65. The largest absolute Gasteiger partial charge is 0.338 e. The van der Waals surface area contributed by atoms with E-state index in [1.807, 2.05) is 30.4 Å². The first-order valence-electron chi connectivity index (χ1n) is 7.98. The van der Waals surface area contributed by atoms with Gasteiger partial charge in [0.1, 0.15) is 0 Å². The van der Waals surface area contributed by atoms with E-state index >= 15 is 0 Å². The van der Waals surface area contributed by atoms with E-state index in [1.54, 1.807) is 4.90 Å². The summed E-state index contributed by atoms with van der Waals surface area (Å²) in [5.41, 5.74) is 2.93. The molecule has 2 nitrogen and oxygen atoms in total. The Kier molecular flexibility index (Phi) is 4.60. The number of rotatable bonds is 3. The highest BCUT2D eigenvalue weighted by molar-refractivity contribution is 5.96. The number of halogens is 2. The van der Waals surface area contributed by atoms with E-state index in [0.717, 1.165) is 12.0 Å². The zero-order valence-corrected chi connectivity index (χ0v) is 13.0. The van der Waals surface area contributed by atoms with Gasteiger partial charge in [0.25, 0.3) is 11.8 Å². The molecule has 0 spiro atoms. The van der Waals surface area contributed by atoms with Gasteiger partial charge in [-0.25, -0.2) is 8.78 Å². The first-order valence-corrected chi connectivity index (χ1v) is 7.98. The van der Waals surface area contributed by atoms with E-state index in [4.69, 9.17) is 0 Å². The van der Waals surface area contributed by atoms with Gasteiger partial charge in [-0.2, -0.15) is 0 Å². The Morgan fingerprint density at radius 2 is 1.83 bits per heavy atom. The molecule has 121 valence electrons. The molecule has 0 bridgehead atoms. The molecule has 4 heteroatoms. The van der Waals surface area contributed by atoms with Crippen LogP contribution >= 0.6 is 0 Å². The lowest BCUT2D eigenvalue weighted by Crippen LogP contribution is -2.43. The Labute approximate surface area is 135 Å². The van der Waals surface area contributed by atoms with Gasteiger partial charge in [0.15, 0.2) is 0 Å². The summed E-state index contributed by atoms with van der Waals surface area (Å²) in [6, 6.07) is 10.1. The average molecular weight is 316 g/mol. The molecule has 1 saturated heterocycles. The molecule has 1 heterocycles. The first-order chi connectivity index (χ1) is 11.0. The monoisotopic (exact) mass is 316 g/mol. The molecule has 0 saturated carbocycles. The maximum absolute atomic E-state index is 13.2. The van der Waals surface area contributed by atoms with Crippen molar-refractivity contribution in [2.24, 2.45) is 0 Å². The molecule has 1 aromatic carbocycles. The second kappa shape index (κ2) is 6.65. The molecule has 0 aromatic heterocycles. The van der Waals surface area contributed by atoms with Gasteiger partial charge in [0.05, 0.1) is 0 Å². The highest BCUT2D eigenvalue weighted by Gasteiger charge is 2.36. The number of hydrogen-bond acceptors (Lipinski definition) is 1. The molecule has 0 unspecified atom stereocenters. The number of allylic oxidation sites excluding steroid dienone is 2. The quantitative estimate of drug-likeness (QED) is 0.827. The fourth-order valence-electron chi connectivity index (χ4n) is 2.98. The van der Waals surface area contributed by atoms with Crippen molar-refractivity contribution in [1.29, 1.82) is 0 Å². The SMILES string of the molecule is O=C(C1=CC[CH]C(Cc2ccccc2)=C1)N1CCC(F)(F)CC1.